The van der Waals surface area contributed by atoms with E-state index in [9.17, 15) is 22.0 Å². The quantitative estimate of drug-likeness (QED) is 0.808. The van der Waals surface area contributed by atoms with Crippen molar-refractivity contribution in [2.75, 3.05) is 12.4 Å². The number of carbonyl (C=O) groups excluding carboxylic acids is 1. The van der Waals surface area contributed by atoms with Crippen LogP contribution < -0.4 is 19.9 Å². The van der Waals surface area contributed by atoms with Gasteiger partial charge in [-0.15, -0.1) is 0 Å². The van der Waals surface area contributed by atoms with Crippen molar-refractivity contribution in [2.24, 2.45) is 5.14 Å². The molecule has 0 saturated carbocycles. The molecule has 0 heterocycles. The van der Waals surface area contributed by atoms with E-state index < -0.39 is 22.5 Å². The lowest BCUT2D eigenvalue weighted by Gasteiger charge is -2.11. The predicted octanol–water partition coefficient (Wildman–Crippen LogP) is 2.20. The van der Waals surface area contributed by atoms with Gasteiger partial charge in [0.25, 0.3) is 5.91 Å². The first-order chi connectivity index (χ1) is 11.7. The lowest BCUT2D eigenvalue weighted by atomic mass is 10.2. The third-order valence-corrected chi connectivity index (χ3v) is 4.01. The Kier molecular flexibility index (Phi) is 5.55. The smallest absolute Gasteiger partial charge is 0.387 e. The fourth-order valence-electron chi connectivity index (χ4n) is 1.93. The standard InChI is InChI=1S/C15H14F2N2O5S/c1-23-13-8-9(2-7-12(13)24-15(16)17)14(20)19-10-3-5-11(6-4-10)25(18,21)22/h2-8,15H,1H3,(H,19,20)(H2,18,21,22). The van der Waals surface area contributed by atoms with Gasteiger partial charge in [-0.05, 0) is 42.5 Å². The third-order valence-electron chi connectivity index (χ3n) is 3.08. The average molecular weight is 372 g/mol. The number of hydrogen-bond donors (Lipinski definition) is 2. The fraction of sp³-hybridized carbons (Fsp3) is 0.133. The molecule has 134 valence electrons. The number of halogens is 2. The van der Waals surface area contributed by atoms with Crippen molar-refractivity contribution in [3.05, 3.63) is 48.0 Å². The van der Waals surface area contributed by atoms with Gasteiger partial charge in [0.2, 0.25) is 10.0 Å². The minimum absolute atomic E-state index is 0.0301. The first-order valence-corrected chi connectivity index (χ1v) is 8.32. The molecule has 0 unspecified atom stereocenters. The van der Waals surface area contributed by atoms with Gasteiger partial charge in [-0.1, -0.05) is 0 Å². The van der Waals surface area contributed by atoms with Crippen molar-refractivity contribution < 1.29 is 31.5 Å². The minimum atomic E-state index is -3.83. The van der Waals surface area contributed by atoms with Crippen LogP contribution in [-0.4, -0.2) is 28.0 Å². The SMILES string of the molecule is COc1cc(C(=O)Nc2ccc(S(N)(=O)=O)cc2)ccc1OC(F)F. The van der Waals surface area contributed by atoms with Crippen LogP contribution in [-0.2, 0) is 10.0 Å². The molecule has 0 saturated heterocycles. The van der Waals surface area contributed by atoms with Gasteiger partial charge in [0, 0.05) is 11.3 Å². The van der Waals surface area contributed by atoms with Crippen molar-refractivity contribution in [1.82, 2.24) is 0 Å². The van der Waals surface area contributed by atoms with Crippen molar-refractivity contribution in [3.63, 3.8) is 0 Å². The van der Waals surface area contributed by atoms with Crippen LogP contribution in [0, 0.1) is 0 Å². The Morgan fingerprint density at radius 2 is 1.76 bits per heavy atom. The Labute approximate surface area is 142 Å². The van der Waals surface area contributed by atoms with E-state index in [2.05, 4.69) is 10.1 Å². The molecule has 0 aromatic heterocycles. The Bertz CT molecular complexity index is 870. The highest BCUT2D eigenvalue weighted by molar-refractivity contribution is 7.89. The molecule has 0 fully saturated rings. The molecule has 0 spiro atoms. The first kappa shape index (κ1) is 18.6. The second kappa shape index (κ2) is 7.45. The summed E-state index contributed by atoms with van der Waals surface area (Å²) in [7, 11) is -2.58. The van der Waals surface area contributed by atoms with Crippen molar-refractivity contribution >= 4 is 21.6 Å². The van der Waals surface area contributed by atoms with Crippen molar-refractivity contribution in [2.45, 2.75) is 11.5 Å². The normalized spacial score (nSPS) is 11.2. The molecular formula is C15H14F2N2O5S. The molecule has 2 aromatic rings. The van der Waals surface area contributed by atoms with E-state index in [1.54, 1.807) is 0 Å². The molecule has 0 atom stereocenters. The number of methoxy groups -OCH3 is 1. The number of amides is 1. The zero-order chi connectivity index (χ0) is 18.6. The summed E-state index contributed by atoms with van der Waals surface area (Å²) in [5, 5.41) is 7.51. The number of nitrogens with one attached hydrogen (secondary N) is 1. The van der Waals surface area contributed by atoms with Gasteiger partial charge in [-0.2, -0.15) is 8.78 Å². The number of rotatable bonds is 6. The highest BCUT2D eigenvalue weighted by Gasteiger charge is 2.15. The van der Waals surface area contributed by atoms with Crippen molar-refractivity contribution in [3.8, 4) is 11.5 Å². The second-order valence-electron chi connectivity index (χ2n) is 4.77. The average Bonchev–Trinajstić information content (AvgIpc) is 2.54. The Hall–Kier alpha value is -2.72. The number of ether oxygens (including phenoxy) is 2. The number of primary sulfonamides is 1. The maximum atomic E-state index is 12.3. The number of anilines is 1. The van der Waals surface area contributed by atoms with Crippen LogP contribution in [0.15, 0.2) is 47.4 Å². The molecule has 3 N–H and O–H groups in total. The molecular weight excluding hydrogens is 358 g/mol. The van der Waals surface area contributed by atoms with Gasteiger partial charge >= 0.3 is 6.61 Å². The van der Waals surface area contributed by atoms with Crippen molar-refractivity contribution in [1.29, 1.82) is 0 Å². The first-order valence-electron chi connectivity index (χ1n) is 6.78. The van der Waals surface area contributed by atoms with E-state index in [-0.39, 0.29) is 22.0 Å². The lowest BCUT2D eigenvalue weighted by Crippen LogP contribution is -2.14. The number of sulfonamides is 1. The number of alkyl halides is 2. The van der Waals surface area contributed by atoms with Gasteiger partial charge in [-0.3, -0.25) is 4.79 Å². The van der Waals surface area contributed by atoms with E-state index >= 15 is 0 Å². The van der Waals surface area contributed by atoms with Gasteiger partial charge < -0.3 is 14.8 Å². The fourth-order valence-corrected chi connectivity index (χ4v) is 2.45. The third kappa shape index (κ3) is 4.88. The van der Waals surface area contributed by atoms with Gasteiger partial charge in [-0.25, -0.2) is 13.6 Å². The van der Waals surface area contributed by atoms with Crippen LogP contribution >= 0.6 is 0 Å². The Morgan fingerprint density at radius 1 is 1.12 bits per heavy atom. The molecule has 0 radical (unpaired) electrons. The Morgan fingerprint density at radius 3 is 2.28 bits per heavy atom. The molecule has 7 nitrogen and oxygen atoms in total. The summed E-state index contributed by atoms with van der Waals surface area (Å²) in [5.74, 6) is -0.783. The van der Waals surface area contributed by atoms with Crippen LogP contribution in [0.4, 0.5) is 14.5 Å². The molecule has 0 aliphatic heterocycles. The maximum absolute atomic E-state index is 12.3. The lowest BCUT2D eigenvalue weighted by molar-refractivity contribution is -0.0512. The van der Waals surface area contributed by atoms with E-state index in [1.165, 1.54) is 49.6 Å². The van der Waals surface area contributed by atoms with E-state index in [0.717, 1.165) is 0 Å². The number of benzene rings is 2. The molecule has 0 aliphatic rings. The highest BCUT2D eigenvalue weighted by Crippen LogP contribution is 2.29. The van der Waals surface area contributed by atoms with Crippen LogP contribution in [0.1, 0.15) is 10.4 Å². The summed E-state index contributed by atoms with van der Waals surface area (Å²) < 4.78 is 56.1. The molecule has 10 heteroatoms. The van der Waals surface area contributed by atoms with Gasteiger partial charge in [0.1, 0.15) is 0 Å². The number of carbonyl (C=O) groups is 1. The zero-order valence-corrected chi connectivity index (χ0v) is 13.7. The van der Waals surface area contributed by atoms with Gasteiger partial charge in [0.05, 0.1) is 12.0 Å². The van der Waals surface area contributed by atoms with Crippen LogP contribution in [0.5, 0.6) is 11.5 Å². The summed E-state index contributed by atoms with van der Waals surface area (Å²) in [6, 6.07) is 8.92. The molecule has 2 aromatic carbocycles. The topological polar surface area (TPSA) is 108 Å². The van der Waals surface area contributed by atoms with Gasteiger partial charge in [0.15, 0.2) is 11.5 Å². The molecule has 0 bridgehead atoms. The summed E-state index contributed by atoms with van der Waals surface area (Å²) in [6.45, 7) is -3.02. The molecule has 1 amide bonds. The monoisotopic (exact) mass is 372 g/mol. The zero-order valence-electron chi connectivity index (χ0n) is 12.9. The maximum Gasteiger partial charge on any atom is 0.387 e. The minimum Gasteiger partial charge on any atom is -0.493 e. The van der Waals surface area contributed by atoms with Crippen LogP contribution in [0.2, 0.25) is 0 Å². The van der Waals surface area contributed by atoms with Crippen LogP contribution in [0.3, 0.4) is 0 Å². The molecule has 25 heavy (non-hydrogen) atoms. The largest absolute Gasteiger partial charge is 0.493 e. The molecule has 2 rings (SSSR count). The second-order valence-corrected chi connectivity index (χ2v) is 6.33. The number of nitrogens with two attached hydrogens (primary N) is 1. The summed E-state index contributed by atoms with van der Waals surface area (Å²) in [6.07, 6.45) is 0. The predicted molar refractivity (Wildman–Crippen MR) is 85.4 cm³/mol. The van der Waals surface area contributed by atoms with E-state index in [1.807, 2.05) is 0 Å². The van der Waals surface area contributed by atoms with E-state index in [0.29, 0.717) is 5.69 Å². The highest BCUT2D eigenvalue weighted by atomic mass is 32.2. The summed E-state index contributed by atoms with van der Waals surface area (Å²) in [5.41, 5.74) is 0.457. The number of hydrogen-bond acceptors (Lipinski definition) is 5. The van der Waals surface area contributed by atoms with E-state index in [4.69, 9.17) is 9.88 Å². The Balaban J connectivity index is 2.18. The van der Waals surface area contributed by atoms with Crippen LogP contribution in [0.25, 0.3) is 0 Å². The summed E-state index contributed by atoms with van der Waals surface area (Å²) in [4.78, 5) is 12.1. The summed E-state index contributed by atoms with van der Waals surface area (Å²) >= 11 is 0. The molecule has 0 aliphatic carbocycles.